The van der Waals surface area contributed by atoms with Gasteiger partial charge in [-0.1, -0.05) is 13.8 Å². The zero-order chi connectivity index (χ0) is 11.4. The van der Waals surface area contributed by atoms with E-state index in [1.54, 1.807) is 0 Å². The molecule has 0 radical (unpaired) electrons. The van der Waals surface area contributed by atoms with Gasteiger partial charge in [0.15, 0.2) is 0 Å². The highest BCUT2D eigenvalue weighted by Gasteiger charge is 2.33. The first-order valence-electron chi connectivity index (χ1n) is 5.68. The van der Waals surface area contributed by atoms with Crippen molar-refractivity contribution in [1.82, 2.24) is 4.90 Å². The van der Waals surface area contributed by atoms with E-state index in [1.807, 2.05) is 11.8 Å². The van der Waals surface area contributed by atoms with Crippen LogP contribution in [0.1, 0.15) is 20.8 Å². The lowest BCUT2D eigenvalue weighted by Gasteiger charge is -2.26. The molecule has 2 N–H and O–H groups in total. The van der Waals surface area contributed by atoms with Gasteiger partial charge >= 0.3 is 0 Å². The third-order valence-corrected chi connectivity index (χ3v) is 2.72. The van der Waals surface area contributed by atoms with Crippen LogP contribution in [-0.2, 0) is 9.53 Å². The Labute approximate surface area is 91.8 Å². The minimum absolute atomic E-state index is 0.126. The largest absolute Gasteiger partial charge is 0.379 e. The van der Waals surface area contributed by atoms with Crippen molar-refractivity contribution in [2.75, 3.05) is 26.3 Å². The van der Waals surface area contributed by atoms with Crippen molar-refractivity contribution in [2.45, 2.75) is 26.8 Å². The molecule has 2 unspecified atom stereocenters. The fraction of sp³-hybridized carbons (Fsp3) is 0.909. The SMILES string of the molecule is CCN(CC(C)C)C(=O)C1COCC1N. The summed E-state index contributed by atoms with van der Waals surface area (Å²) in [5.41, 5.74) is 5.83. The highest BCUT2D eigenvalue weighted by molar-refractivity contribution is 5.80. The Kier molecular flexibility index (Phi) is 4.54. The molecule has 88 valence electrons. The van der Waals surface area contributed by atoms with Crippen LogP contribution in [0.25, 0.3) is 0 Å². The first-order chi connectivity index (χ1) is 7.06. The van der Waals surface area contributed by atoms with Crippen molar-refractivity contribution in [1.29, 1.82) is 0 Å². The summed E-state index contributed by atoms with van der Waals surface area (Å²) in [6, 6.07) is -0.126. The molecule has 0 bridgehead atoms. The highest BCUT2D eigenvalue weighted by atomic mass is 16.5. The molecule has 1 rings (SSSR count). The molecule has 1 heterocycles. The molecule has 0 aromatic rings. The van der Waals surface area contributed by atoms with Gasteiger partial charge in [0, 0.05) is 19.1 Å². The normalized spacial score (nSPS) is 25.9. The van der Waals surface area contributed by atoms with Crippen LogP contribution < -0.4 is 5.73 Å². The fourth-order valence-corrected chi connectivity index (χ4v) is 1.88. The van der Waals surface area contributed by atoms with Gasteiger partial charge in [0.05, 0.1) is 19.1 Å². The molecule has 1 aliphatic rings. The van der Waals surface area contributed by atoms with Gasteiger partial charge in [0.2, 0.25) is 5.91 Å². The number of ether oxygens (including phenoxy) is 1. The third-order valence-electron chi connectivity index (χ3n) is 2.72. The maximum absolute atomic E-state index is 12.1. The van der Waals surface area contributed by atoms with Gasteiger partial charge in [-0.2, -0.15) is 0 Å². The van der Waals surface area contributed by atoms with Crippen LogP contribution in [0.2, 0.25) is 0 Å². The monoisotopic (exact) mass is 214 g/mol. The molecule has 0 aromatic carbocycles. The number of rotatable bonds is 4. The average Bonchev–Trinajstić information content (AvgIpc) is 2.59. The second-order valence-corrected chi connectivity index (χ2v) is 4.58. The summed E-state index contributed by atoms with van der Waals surface area (Å²) >= 11 is 0. The van der Waals surface area contributed by atoms with Gasteiger partial charge in [-0.25, -0.2) is 0 Å². The molecule has 1 amide bonds. The predicted octanol–water partition coefficient (Wildman–Crippen LogP) is 0.465. The standard InChI is InChI=1S/C11H22N2O2/c1-4-13(5-8(2)3)11(14)9-6-15-7-10(9)12/h8-10H,4-7,12H2,1-3H3. The average molecular weight is 214 g/mol. The number of hydrogen-bond donors (Lipinski definition) is 1. The quantitative estimate of drug-likeness (QED) is 0.740. The summed E-state index contributed by atoms with van der Waals surface area (Å²) in [5, 5.41) is 0. The molecule has 2 atom stereocenters. The number of hydrogen-bond acceptors (Lipinski definition) is 3. The van der Waals surface area contributed by atoms with E-state index in [4.69, 9.17) is 10.5 Å². The van der Waals surface area contributed by atoms with Crippen LogP contribution >= 0.6 is 0 Å². The van der Waals surface area contributed by atoms with E-state index in [2.05, 4.69) is 13.8 Å². The zero-order valence-electron chi connectivity index (χ0n) is 9.90. The Morgan fingerprint density at radius 1 is 1.53 bits per heavy atom. The van der Waals surface area contributed by atoms with Crippen LogP contribution in [-0.4, -0.2) is 43.2 Å². The van der Waals surface area contributed by atoms with E-state index in [-0.39, 0.29) is 17.9 Å². The molecule has 1 fully saturated rings. The molecule has 4 heteroatoms. The van der Waals surface area contributed by atoms with Crippen molar-refractivity contribution < 1.29 is 9.53 Å². The molecule has 0 saturated carbocycles. The fourth-order valence-electron chi connectivity index (χ4n) is 1.88. The lowest BCUT2D eigenvalue weighted by atomic mass is 10.0. The van der Waals surface area contributed by atoms with Gasteiger partial charge in [-0.15, -0.1) is 0 Å². The smallest absolute Gasteiger partial charge is 0.229 e. The van der Waals surface area contributed by atoms with Crippen LogP contribution in [0.5, 0.6) is 0 Å². The first-order valence-corrected chi connectivity index (χ1v) is 5.68. The summed E-state index contributed by atoms with van der Waals surface area (Å²) < 4.78 is 5.22. The Morgan fingerprint density at radius 3 is 2.60 bits per heavy atom. The summed E-state index contributed by atoms with van der Waals surface area (Å²) in [5.74, 6) is 0.507. The van der Waals surface area contributed by atoms with E-state index >= 15 is 0 Å². The zero-order valence-corrected chi connectivity index (χ0v) is 9.90. The number of nitrogens with zero attached hydrogens (tertiary/aromatic N) is 1. The van der Waals surface area contributed by atoms with Gasteiger partial charge in [0.1, 0.15) is 0 Å². The molecule has 0 aromatic heterocycles. The summed E-state index contributed by atoms with van der Waals surface area (Å²) in [7, 11) is 0. The summed E-state index contributed by atoms with van der Waals surface area (Å²) in [4.78, 5) is 14.0. The molecular formula is C11H22N2O2. The Hall–Kier alpha value is -0.610. The van der Waals surface area contributed by atoms with E-state index in [0.29, 0.717) is 19.1 Å². The number of carbonyl (C=O) groups is 1. The maximum atomic E-state index is 12.1. The summed E-state index contributed by atoms with van der Waals surface area (Å²) in [6.45, 7) is 8.77. The lowest BCUT2D eigenvalue weighted by Crippen LogP contribution is -2.44. The number of amides is 1. The Morgan fingerprint density at radius 2 is 2.20 bits per heavy atom. The summed E-state index contributed by atoms with van der Waals surface area (Å²) in [6.07, 6.45) is 0. The van der Waals surface area contributed by atoms with E-state index < -0.39 is 0 Å². The third kappa shape index (κ3) is 3.18. The topological polar surface area (TPSA) is 55.6 Å². The van der Waals surface area contributed by atoms with Gasteiger partial charge in [-0.05, 0) is 12.8 Å². The van der Waals surface area contributed by atoms with E-state index in [1.165, 1.54) is 0 Å². The number of nitrogens with two attached hydrogens (primary N) is 1. The van der Waals surface area contributed by atoms with Crippen molar-refractivity contribution in [3.8, 4) is 0 Å². The van der Waals surface area contributed by atoms with Crippen molar-refractivity contribution in [2.24, 2.45) is 17.6 Å². The second kappa shape index (κ2) is 5.47. The molecule has 1 saturated heterocycles. The van der Waals surface area contributed by atoms with Crippen LogP contribution in [0.3, 0.4) is 0 Å². The Balaban J connectivity index is 2.55. The van der Waals surface area contributed by atoms with E-state index in [9.17, 15) is 4.79 Å². The maximum Gasteiger partial charge on any atom is 0.229 e. The predicted molar refractivity (Wildman–Crippen MR) is 59.4 cm³/mol. The van der Waals surface area contributed by atoms with Crippen molar-refractivity contribution in [3.05, 3.63) is 0 Å². The molecule has 0 spiro atoms. The van der Waals surface area contributed by atoms with Crippen molar-refractivity contribution in [3.63, 3.8) is 0 Å². The molecule has 1 aliphatic heterocycles. The van der Waals surface area contributed by atoms with Crippen LogP contribution in [0.4, 0.5) is 0 Å². The Bertz CT molecular complexity index is 219. The molecule has 15 heavy (non-hydrogen) atoms. The van der Waals surface area contributed by atoms with E-state index in [0.717, 1.165) is 13.1 Å². The second-order valence-electron chi connectivity index (χ2n) is 4.58. The van der Waals surface area contributed by atoms with Gasteiger partial charge in [-0.3, -0.25) is 4.79 Å². The molecular weight excluding hydrogens is 192 g/mol. The van der Waals surface area contributed by atoms with Gasteiger partial charge < -0.3 is 15.4 Å². The van der Waals surface area contributed by atoms with Crippen LogP contribution in [0, 0.1) is 11.8 Å². The van der Waals surface area contributed by atoms with Crippen molar-refractivity contribution >= 4 is 5.91 Å². The van der Waals surface area contributed by atoms with Gasteiger partial charge in [0.25, 0.3) is 0 Å². The molecule has 0 aliphatic carbocycles. The molecule has 4 nitrogen and oxygen atoms in total. The highest BCUT2D eigenvalue weighted by Crippen LogP contribution is 2.15. The number of carbonyl (C=O) groups excluding carboxylic acids is 1. The lowest BCUT2D eigenvalue weighted by molar-refractivity contribution is -0.136. The first kappa shape index (κ1) is 12.5. The minimum Gasteiger partial charge on any atom is -0.379 e. The minimum atomic E-state index is -0.135. The van der Waals surface area contributed by atoms with Crippen LogP contribution in [0.15, 0.2) is 0 Å².